The summed E-state index contributed by atoms with van der Waals surface area (Å²) in [5.41, 5.74) is 0.498. The lowest BCUT2D eigenvalue weighted by atomic mass is 10.1. The van der Waals surface area contributed by atoms with Crippen LogP contribution in [0, 0.1) is 5.92 Å². The molecule has 0 aliphatic carbocycles. The standard InChI is InChI=1S/C20H20N2O3/c1-14(2)12-13-25-20(24)18-16-10-6-7-11-17(16)19(23)22(21-18)15-8-4-3-5-9-15/h3-11,14H,12-13H2,1-2H3. The molecule has 5 nitrogen and oxygen atoms in total. The molecular formula is C20H20N2O3. The minimum atomic E-state index is -0.512. The first-order valence-electron chi connectivity index (χ1n) is 8.32. The SMILES string of the molecule is CC(C)CCOC(=O)c1nn(-c2ccccc2)c(=O)c2ccccc12. The molecular weight excluding hydrogens is 316 g/mol. The van der Waals surface area contributed by atoms with E-state index in [0.29, 0.717) is 29.0 Å². The number of carbonyl (C=O) groups excluding carboxylic acids is 1. The van der Waals surface area contributed by atoms with Gasteiger partial charge in [0.1, 0.15) is 0 Å². The van der Waals surface area contributed by atoms with Gasteiger partial charge in [-0.25, -0.2) is 4.79 Å². The molecule has 5 heteroatoms. The van der Waals surface area contributed by atoms with Crippen molar-refractivity contribution in [1.29, 1.82) is 0 Å². The first-order valence-corrected chi connectivity index (χ1v) is 8.32. The van der Waals surface area contributed by atoms with E-state index in [4.69, 9.17) is 4.74 Å². The molecule has 0 N–H and O–H groups in total. The number of aromatic nitrogens is 2. The maximum Gasteiger partial charge on any atom is 0.359 e. The number of nitrogens with zero attached hydrogens (tertiary/aromatic N) is 2. The quantitative estimate of drug-likeness (QED) is 0.668. The summed E-state index contributed by atoms with van der Waals surface area (Å²) in [7, 11) is 0. The number of hydrogen-bond acceptors (Lipinski definition) is 4. The highest BCUT2D eigenvalue weighted by Gasteiger charge is 2.18. The van der Waals surface area contributed by atoms with E-state index >= 15 is 0 Å². The molecule has 25 heavy (non-hydrogen) atoms. The van der Waals surface area contributed by atoms with Crippen LogP contribution in [0.25, 0.3) is 16.5 Å². The van der Waals surface area contributed by atoms with E-state index in [9.17, 15) is 9.59 Å². The lowest BCUT2D eigenvalue weighted by molar-refractivity contribution is 0.0481. The lowest BCUT2D eigenvalue weighted by Gasteiger charge is -2.11. The maximum atomic E-state index is 12.8. The molecule has 2 aromatic carbocycles. The van der Waals surface area contributed by atoms with Gasteiger partial charge in [-0.2, -0.15) is 9.78 Å². The second kappa shape index (κ2) is 7.30. The van der Waals surface area contributed by atoms with Crippen LogP contribution in [0.4, 0.5) is 0 Å². The molecule has 128 valence electrons. The zero-order valence-electron chi connectivity index (χ0n) is 14.3. The summed E-state index contributed by atoms with van der Waals surface area (Å²) in [4.78, 5) is 25.3. The van der Waals surface area contributed by atoms with Crippen molar-refractivity contribution >= 4 is 16.7 Å². The highest BCUT2D eigenvalue weighted by atomic mass is 16.5. The molecule has 0 atom stereocenters. The van der Waals surface area contributed by atoms with Crippen LogP contribution in [-0.2, 0) is 4.74 Å². The van der Waals surface area contributed by atoms with Gasteiger partial charge in [0.05, 0.1) is 17.7 Å². The van der Waals surface area contributed by atoms with E-state index in [0.717, 1.165) is 6.42 Å². The molecule has 3 rings (SSSR count). The second-order valence-electron chi connectivity index (χ2n) is 6.27. The Hall–Kier alpha value is -2.95. The fraction of sp³-hybridized carbons (Fsp3) is 0.250. The average Bonchev–Trinajstić information content (AvgIpc) is 2.62. The van der Waals surface area contributed by atoms with Crippen LogP contribution in [0.1, 0.15) is 30.8 Å². The molecule has 1 heterocycles. The van der Waals surface area contributed by atoms with Gasteiger partial charge in [-0.1, -0.05) is 50.2 Å². The summed E-state index contributed by atoms with van der Waals surface area (Å²) in [6, 6.07) is 16.0. The molecule has 0 aliphatic rings. The third-order valence-corrected chi connectivity index (χ3v) is 3.93. The third-order valence-electron chi connectivity index (χ3n) is 3.93. The van der Waals surface area contributed by atoms with Gasteiger partial charge in [0.15, 0.2) is 5.69 Å². The van der Waals surface area contributed by atoms with Crippen molar-refractivity contribution < 1.29 is 9.53 Å². The average molecular weight is 336 g/mol. The van der Waals surface area contributed by atoms with Gasteiger partial charge >= 0.3 is 5.97 Å². The fourth-order valence-electron chi connectivity index (χ4n) is 2.54. The van der Waals surface area contributed by atoms with Crippen LogP contribution in [-0.4, -0.2) is 22.4 Å². The smallest absolute Gasteiger partial charge is 0.359 e. The Morgan fingerprint density at radius 1 is 1.04 bits per heavy atom. The topological polar surface area (TPSA) is 61.2 Å². The Balaban J connectivity index is 2.10. The first-order chi connectivity index (χ1) is 12.1. The number of ether oxygens (including phenoxy) is 1. The first kappa shape index (κ1) is 16.9. The number of esters is 1. The van der Waals surface area contributed by atoms with Crippen molar-refractivity contribution in [2.75, 3.05) is 6.61 Å². The lowest BCUT2D eigenvalue weighted by Crippen LogP contribution is -2.25. The third kappa shape index (κ3) is 3.60. The largest absolute Gasteiger partial charge is 0.461 e. The van der Waals surface area contributed by atoms with E-state index in [2.05, 4.69) is 18.9 Å². The number of benzene rings is 2. The Bertz CT molecular complexity index is 946. The molecule has 0 saturated carbocycles. The Morgan fingerprint density at radius 2 is 1.68 bits per heavy atom. The second-order valence-corrected chi connectivity index (χ2v) is 6.27. The molecule has 3 aromatic rings. The summed E-state index contributed by atoms with van der Waals surface area (Å²) in [5, 5.41) is 5.25. The van der Waals surface area contributed by atoms with Crippen molar-refractivity contribution in [2.45, 2.75) is 20.3 Å². The van der Waals surface area contributed by atoms with E-state index in [1.54, 1.807) is 36.4 Å². The summed E-state index contributed by atoms with van der Waals surface area (Å²) < 4.78 is 6.61. The van der Waals surface area contributed by atoms with Gasteiger partial charge in [-0.05, 0) is 30.5 Å². The molecule has 0 bridgehead atoms. The Morgan fingerprint density at radius 3 is 2.36 bits per heavy atom. The summed E-state index contributed by atoms with van der Waals surface area (Å²) in [6.45, 7) is 4.46. The van der Waals surface area contributed by atoms with Crippen LogP contribution in [0.5, 0.6) is 0 Å². The van der Waals surface area contributed by atoms with Crippen LogP contribution in [0.2, 0.25) is 0 Å². The van der Waals surface area contributed by atoms with Gasteiger partial charge in [-0.3, -0.25) is 4.79 Å². The molecule has 0 aliphatic heterocycles. The van der Waals surface area contributed by atoms with Crippen LogP contribution < -0.4 is 5.56 Å². The van der Waals surface area contributed by atoms with Gasteiger partial charge < -0.3 is 4.74 Å². The minimum absolute atomic E-state index is 0.155. The summed E-state index contributed by atoms with van der Waals surface area (Å²) in [5.74, 6) is -0.0719. The van der Waals surface area contributed by atoms with Crippen molar-refractivity contribution in [3.63, 3.8) is 0 Å². The predicted octanol–water partition coefficient (Wildman–Crippen LogP) is 3.59. The number of rotatable bonds is 5. The Kier molecular flexibility index (Phi) is 4.93. The van der Waals surface area contributed by atoms with E-state index in [-0.39, 0.29) is 11.3 Å². The molecule has 0 amide bonds. The minimum Gasteiger partial charge on any atom is -0.461 e. The van der Waals surface area contributed by atoms with Crippen LogP contribution >= 0.6 is 0 Å². The molecule has 0 spiro atoms. The number of hydrogen-bond donors (Lipinski definition) is 0. The van der Waals surface area contributed by atoms with Crippen molar-refractivity contribution in [2.24, 2.45) is 5.92 Å². The van der Waals surface area contributed by atoms with E-state index in [1.807, 2.05) is 18.2 Å². The maximum absolute atomic E-state index is 12.8. The van der Waals surface area contributed by atoms with Gasteiger partial charge in [0, 0.05) is 5.39 Å². The number of carbonyl (C=O) groups is 1. The van der Waals surface area contributed by atoms with Crippen LogP contribution in [0.15, 0.2) is 59.4 Å². The molecule has 1 aromatic heterocycles. The van der Waals surface area contributed by atoms with Crippen molar-refractivity contribution in [3.8, 4) is 5.69 Å². The van der Waals surface area contributed by atoms with E-state index in [1.165, 1.54) is 4.68 Å². The number of para-hydroxylation sites is 1. The van der Waals surface area contributed by atoms with E-state index < -0.39 is 5.97 Å². The van der Waals surface area contributed by atoms with Crippen molar-refractivity contribution in [3.05, 3.63) is 70.6 Å². The number of fused-ring (bicyclic) bond motifs is 1. The monoisotopic (exact) mass is 336 g/mol. The summed E-state index contributed by atoms with van der Waals surface area (Å²) >= 11 is 0. The predicted molar refractivity (Wildman–Crippen MR) is 97.1 cm³/mol. The molecule has 0 unspecified atom stereocenters. The Labute approximate surface area is 145 Å². The summed E-state index contributed by atoms with van der Waals surface area (Å²) in [6.07, 6.45) is 0.780. The van der Waals surface area contributed by atoms with Crippen LogP contribution in [0.3, 0.4) is 0 Å². The molecule has 0 fully saturated rings. The zero-order chi connectivity index (χ0) is 17.8. The zero-order valence-corrected chi connectivity index (χ0v) is 14.3. The normalized spacial score (nSPS) is 11.0. The highest BCUT2D eigenvalue weighted by molar-refractivity contribution is 6.02. The fourth-order valence-corrected chi connectivity index (χ4v) is 2.54. The highest BCUT2D eigenvalue weighted by Crippen LogP contribution is 2.16. The van der Waals surface area contributed by atoms with Gasteiger partial charge in [-0.15, -0.1) is 0 Å². The van der Waals surface area contributed by atoms with Gasteiger partial charge in [0.2, 0.25) is 0 Å². The van der Waals surface area contributed by atoms with Gasteiger partial charge in [0.25, 0.3) is 5.56 Å². The molecule has 0 saturated heterocycles. The molecule has 0 radical (unpaired) electrons. The van der Waals surface area contributed by atoms with Crippen molar-refractivity contribution in [1.82, 2.24) is 9.78 Å².